The largest absolute Gasteiger partial charge is 0.490 e. The fourth-order valence-corrected chi connectivity index (χ4v) is 3.80. The fourth-order valence-electron chi connectivity index (χ4n) is 3.34. The summed E-state index contributed by atoms with van der Waals surface area (Å²) in [6, 6.07) is 22.4. The number of halogens is 3. The van der Waals surface area contributed by atoms with E-state index < -0.39 is 0 Å². The van der Waals surface area contributed by atoms with Crippen LogP contribution in [0.5, 0.6) is 11.5 Å². The first-order valence-corrected chi connectivity index (χ1v) is 11.4. The van der Waals surface area contributed by atoms with Crippen LogP contribution in [0.4, 0.5) is 0 Å². The minimum absolute atomic E-state index is 0. The fraction of sp³-hybridized carbons (Fsp3) is 0.308. The van der Waals surface area contributed by atoms with Crippen molar-refractivity contribution in [3.63, 3.8) is 0 Å². The number of benzene rings is 3. The van der Waals surface area contributed by atoms with Crippen LogP contribution >= 0.6 is 35.6 Å². The summed E-state index contributed by atoms with van der Waals surface area (Å²) in [5.41, 5.74) is 3.30. The van der Waals surface area contributed by atoms with Gasteiger partial charge < -0.3 is 14.8 Å². The summed E-state index contributed by atoms with van der Waals surface area (Å²) in [4.78, 5) is 0. The van der Waals surface area contributed by atoms with Gasteiger partial charge in [-0.15, -0.1) is 12.4 Å². The standard InChI is InChI=1S/C26H29Cl2NO2.ClH/c1-3-30-25-11-7-10-21(17-29-19(2)12-13-20-8-5-4-6-9-20)26(25)31-18-22-14-15-23(27)16-24(22)28;/h4-11,14-16,19,29H,3,12-13,17-18H2,1-2H3;1H. The zero-order chi connectivity index (χ0) is 22.1. The zero-order valence-electron chi connectivity index (χ0n) is 18.4. The molecule has 3 aromatic rings. The maximum Gasteiger partial charge on any atom is 0.166 e. The third kappa shape index (κ3) is 7.90. The van der Waals surface area contributed by atoms with Crippen LogP contribution < -0.4 is 14.8 Å². The molecule has 0 aliphatic carbocycles. The summed E-state index contributed by atoms with van der Waals surface area (Å²) >= 11 is 12.3. The summed E-state index contributed by atoms with van der Waals surface area (Å²) in [6.07, 6.45) is 2.11. The lowest BCUT2D eigenvalue weighted by Crippen LogP contribution is -2.26. The number of rotatable bonds is 11. The van der Waals surface area contributed by atoms with E-state index in [0.29, 0.717) is 35.8 Å². The van der Waals surface area contributed by atoms with Crippen molar-refractivity contribution < 1.29 is 9.47 Å². The number of para-hydroxylation sites is 1. The van der Waals surface area contributed by atoms with Gasteiger partial charge in [-0.2, -0.15) is 0 Å². The second-order valence-electron chi connectivity index (χ2n) is 7.51. The molecule has 172 valence electrons. The van der Waals surface area contributed by atoms with Gasteiger partial charge >= 0.3 is 0 Å². The molecule has 1 N–H and O–H groups in total. The molecule has 3 nitrogen and oxygen atoms in total. The molecule has 1 atom stereocenters. The zero-order valence-corrected chi connectivity index (χ0v) is 20.8. The molecule has 3 aromatic carbocycles. The average Bonchev–Trinajstić information content (AvgIpc) is 2.77. The highest BCUT2D eigenvalue weighted by atomic mass is 35.5. The van der Waals surface area contributed by atoms with Gasteiger partial charge in [-0.1, -0.05) is 71.7 Å². The molecule has 0 aromatic heterocycles. The molecular formula is C26H30Cl3NO2. The molecule has 0 saturated heterocycles. The lowest BCUT2D eigenvalue weighted by atomic mass is 10.1. The molecule has 0 spiro atoms. The second kappa shape index (κ2) is 13.6. The molecular weight excluding hydrogens is 465 g/mol. The smallest absolute Gasteiger partial charge is 0.166 e. The molecule has 0 aliphatic heterocycles. The third-order valence-electron chi connectivity index (χ3n) is 5.10. The summed E-state index contributed by atoms with van der Waals surface area (Å²) in [7, 11) is 0. The molecule has 6 heteroatoms. The van der Waals surface area contributed by atoms with Gasteiger partial charge in [0.1, 0.15) is 6.61 Å². The van der Waals surface area contributed by atoms with E-state index in [4.69, 9.17) is 32.7 Å². The Hall–Kier alpha value is -1.91. The van der Waals surface area contributed by atoms with Crippen LogP contribution in [0.15, 0.2) is 66.7 Å². The molecule has 32 heavy (non-hydrogen) atoms. The minimum Gasteiger partial charge on any atom is -0.490 e. The third-order valence-corrected chi connectivity index (χ3v) is 5.68. The van der Waals surface area contributed by atoms with Gasteiger partial charge in [0, 0.05) is 33.8 Å². The molecule has 0 radical (unpaired) electrons. The van der Waals surface area contributed by atoms with E-state index >= 15 is 0 Å². The first-order valence-electron chi connectivity index (χ1n) is 10.7. The Morgan fingerprint density at radius 3 is 2.41 bits per heavy atom. The summed E-state index contributed by atoms with van der Waals surface area (Å²) in [6.45, 7) is 5.79. The van der Waals surface area contributed by atoms with Crippen LogP contribution in [-0.4, -0.2) is 12.6 Å². The summed E-state index contributed by atoms with van der Waals surface area (Å²) < 4.78 is 12.0. The number of ether oxygens (including phenoxy) is 2. The van der Waals surface area contributed by atoms with Crippen molar-refractivity contribution in [3.8, 4) is 11.5 Å². The molecule has 0 aliphatic rings. The predicted octanol–water partition coefficient (Wildman–Crippen LogP) is 7.50. The normalized spacial score (nSPS) is 11.5. The van der Waals surface area contributed by atoms with Crippen LogP contribution in [0.25, 0.3) is 0 Å². The SMILES string of the molecule is CCOc1cccc(CNC(C)CCc2ccccc2)c1OCc1ccc(Cl)cc1Cl.Cl. The summed E-state index contributed by atoms with van der Waals surface area (Å²) in [5.74, 6) is 1.49. The molecule has 3 rings (SSSR count). The first-order chi connectivity index (χ1) is 15.1. The van der Waals surface area contributed by atoms with Crippen LogP contribution in [-0.2, 0) is 19.6 Å². The lowest BCUT2D eigenvalue weighted by molar-refractivity contribution is 0.265. The second-order valence-corrected chi connectivity index (χ2v) is 8.35. The van der Waals surface area contributed by atoms with Crippen molar-refractivity contribution in [1.82, 2.24) is 5.32 Å². The van der Waals surface area contributed by atoms with E-state index in [9.17, 15) is 0 Å². The Bertz CT molecular complexity index is 967. The Balaban J connectivity index is 0.00000363. The Morgan fingerprint density at radius 2 is 1.69 bits per heavy atom. The highest BCUT2D eigenvalue weighted by molar-refractivity contribution is 6.35. The van der Waals surface area contributed by atoms with Crippen molar-refractivity contribution >= 4 is 35.6 Å². The highest BCUT2D eigenvalue weighted by Crippen LogP contribution is 2.33. The Labute approximate surface area is 207 Å². The monoisotopic (exact) mass is 493 g/mol. The topological polar surface area (TPSA) is 30.5 Å². The quantitative estimate of drug-likeness (QED) is 0.299. The Morgan fingerprint density at radius 1 is 0.906 bits per heavy atom. The van der Waals surface area contributed by atoms with Gasteiger partial charge in [0.05, 0.1) is 6.61 Å². The van der Waals surface area contributed by atoms with Gasteiger partial charge in [-0.25, -0.2) is 0 Å². The molecule has 0 bridgehead atoms. The average molecular weight is 495 g/mol. The van der Waals surface area contributed by atoms with Crippen LogP contribution in [0.1, 0.15) is 37.0 Å². The molecule has 0 fully saturated rings. The molecule has 1 unspecified atom stereocenters. The molecule has 0 heterocycles. The van der Waals surface area contributed by atoms with Crippen molar-refractivity contribution in [2.75, 3.05) is 6.61 Å². The Kier molecular flexibility index (Phi) is 11.2. The minimum atomic E-state index is 0. The number of nitrogens with one attached hydrogen (secondary N) is 1. The number of hydrogen-bond donors (Lipinski definition) is 1. The first kappa shape index (κ1) is 26.3. The van der Waals surface area contributed by atoms with Gasteiger partial charge in [-0.3, -0.25) is 0 Å². The van der Waals surface area contributed by atoms with Gasteiger partial charge in [0.25, 0.3) is 0 Å². The van der Waals surface area contributed by atoms with E-state index in [1.54, 1.807) is 6.07 Å². The van der Waals surface area contributed by atoms with E-state index in [1.807, 2.05) is 31.2 Å². The lowest BCUT2D eigenvalue weighted by Gasteiger charge is -2.19. The molecule has 0 saturated carbocycles. The van der Waals surface area contributed by atoms with Crippen molar-refractivity contribution in [1.29, 1.82) is 0 Å². The van der Waals surface area contributed by atoms with E-state index in [1.165, 1.54) is 5.56 Å². The van der Waals surface area contributed by atoms with E-state index in [-0.39, 0.29) is 12.4 Å². The molecule has 0 amide bonds. The van der Waals surface area contributed by atoms with Gasteiger partial charge in [0.15, 0.2) is 11.5 Å². The van der Waals surface area contributed by atoms with E-state index in [2.05, 4.69) is 48.6 Å². The predicted molar refractivity (Wildman–Crippen MR) is 137 cm³/mol. The summed E-state index contributed by atoms with van der Waals surface area (Å²) in [5, 5.41) is 4.82. The highest BCUT2D eigenvalue weighted by Gasteiger charge is 2.13. The van der Waals surface area contributed by atoms with Gasteiger partial charge in [-0.05, 0) is 50.5 Å². The maximum absolute atomic E-state index is 6.32. The van der Waals surface area contributed by atoms with Crippen molar-refractivity contribution in [2.24, 2.45) is 0 Å². The van der Waals surface area contributed by atoms with Crippen LogP contribution in [0.2, 0.25) is 10.0 Å². The van der Waals surface area contributed by atoms with Crippen LogP contribution in [0, 0.1) is 0 Å². The van der Waals surface area contributed by atoms with Gasteiger partial charge in [0.2, 0.25) is 0 Å². The van der Waals surface area contributed by atoms with Crippen LogP contribution in [0.3, 0.4) is 0 Å². The number of aryl methyl sites for hydroxylation is 1. The number of hydrogen-bond acceptors (Lipinski definition) is 3. The maximum atomic E-state index is 6.32. The van der Waals surface area contributed by atoms with Crippen molar-refractivity contribution in [2.45, 2.75) is 45.9 Å². The van der Waals surface area contributed by atoms with Crippen molar-refractivity contribution in [3.05, 3.63) is 93.5 Å². The van der Waals surface area contributed by atoms with E-state index in [0.717, 1.165) is 35.5 Å².